The fourth-order valence-corrected chi connectivity index (χ4v) is 3.17. The van der Waals surface area contributed by atoms with E-state index in [1.807, 2.05) is 0 Å². The number of aldehydes is 2. The molecule has 4 nitrogen and oxygen atoms in total. The van der Waals surface area contributed by atoms with E-state index in [9.17, 15) is 19.8 Å². The Morgan fingerprint density at radius 3 is 1.77 bits per heavy atom. The number of halogens is 1. The fourth-order valence-electron chi connectivity index (χ4n) is 2.97. The molecule has 0 aliphatic rings. The number of aromatic hydroxyl groups is 2. The Labute approximate surface area is 155 Å². The quantitative estimate of drug-likeness (QED) is 0.513. The van der Waals surface area contributed by atoms with Gasteiger partial charge in [0.25, 0.3) is 0 Å². The number of rotatable bonds is 5. The van der Waals surface area contributed by atoms with Gasteiger partial charge in [0, 0.05) is 33.2 Å². The van der Waals surface area contributed by atoms with Gasteiger partial charge in [-0.1, -0.05) is 23.7 Å². The number of benzene rings is 3. The van der Waals surface area contributed by atoms with E-state index in [0.717, 1.165) is 0 Å². The lowest BCUT2D eigenvalue weighted by Crippen LogP contribution is -2.06. The van der Waals surface area contributed by atoms with Crippen LogP contribution in [0.2, 0.25) is 5.02 Å². The van der Waals surface area contributed by atoms with E-state index < -0.39 is 5.92 Å². The maximum Gasteiger partial charge on any atom is 0.150 e. The first-order valence-electron chi connectivity index (χ1n) is 7.85. The molecular weight excluding hydrogens is 352 g/mol. The summed E-state index contributed by atoms with van der Waals surface area (Å²) < 4.78 is 0. The molecule has 26 heavy (non-hydrogen) atoms. The van der Waals surface area contributed by atoms with Crippen molar-refractivity contribution in [3.63, 3.8) is 0 Å². The Hall–Kier alpha value is -3.11. The standard InChI is InChI=1S/C21H15ClO4/c22-16-3-1-2-15(10-16)21(17-8-13(11-23)4-6-19(17)25)18-9-14(12-24)5-7-20(18)26/h1-12,21,25-26H. The van der Waals surface area contributed by atoms with E-state index in [-0.39, 0.29) is 11.5 Å². The van der Waals surface area contributed by atoms with Crippen LogP contribution in [0.15, 0.2) is 60.7 Å². The summed E-state index contributed by atoms with van der Waals surface area (Å²) in [5.74, 6) is -0.679. The molecule has 0 saturated heterocycles. The average Bonchev–Trinajstić information content (AvgIpc) is 2.65. The summed E-state index contributed by atoms with van der Waals surface area (Å²) in [6, 6.07) is 16.0. The lowest BCUT2D eigenvalue weighted by molar-refractivity contribution is 0.111. The molecule has 3 aromatic carbocycles. The Kier molecular flexibility index (Phi) is 5.05. The van der Waals surface area contributed by atoms with Crippen LogP contribution in [-0.4, -0.2) is 22.8 Å². The van der Waals surface area contributed by atoms with Crippen molar-refractivity contribution < 1.29 is 19.8 Å². The molecule has 0 saturated carbocycles. The van der Waals surface area contributed by atoms with E-state index in [1.54, 1.807) is 36.4 Å². The Morgan fingerprint density at radius 2 is 1.31 bits per heavy atom. The lowest BCUT2D eigenvalue weighted by atomic mass is 9.83. The molecule has 0 radical (unpaired) electrons. The predicted octanol–water partition coefficient (Wildman–Crippen LogP) is 4.56. The molecule has 5 heteroatoms. The third-order valence-electron chi connectivity index (χ3n) is 4.18. The van der Waals surface area contributed by atoms with Crippen molar-refractivity contribution in [3.05, 3.63) is 93.5 Å². The zero-order valence-corrected chi connectivity index (χ0v) is 14.4. The Balaban J connectivity index is 2.31. The predicted molar refractivity (Wildman–Crippen MR) is 99.4 cm³/mol. The second-order valence-electron chi connectivity index (χ2n) is 5.86. The van der Waals surface area contributed by atoms with Crippen molar-refractivity contribution in [3.8, 4) is 11.5 Å². The molecule has 3 aromatic rings. The minimum atomic E-state index is -0.617. The van der Waals surface area contributed by atoms with E-state index in [4.69, 9.17) is 11.6 Å². The van der Waals surface area contributed by atoms with Crippen LogP contribution >= 0.6 is 11.6 Å². The molecule has 0 atom stereocenters. The summed E-state index contributed by atoms with van der Waals surface area (Å²) in [4.78, 5) is 22.4. The van der Waals surface area contributed by atoms with E-state index in [2.05, 4.69) is 0 Å². The third-order valence-corrected chi connectivity index (χ3v) is 4.41. The molecule has 0 aromatic heterocycles. The largest absolute Gasteiger partial charge is 0.508 e. The molecule has 0 fully saturated rings. The van der Waals surface area contributed by atoms with Gasteiger partial charge < -0.3 is 10.2 Å². The molecule has 0 aliphatic carbocycles. The van der Waals surface area contributed by atoms with Gasteiger partial charge in [-0.05, 0) is 54.1 Å². The number of hydrogen-bond acceptors (Lipinski definition) is 4. The van der Waals surface area contributed by atoms with Gasteiger partial charge in [-0.15, -0.1) is 0 Å². The number of carbonyl (C=O) groups excluding carboxylic acids is 2. The molecule has 0 heterocycles. The van der Waals surface area contributed by atoms with E-state index in [0.29, 0.717) is 45.4 Å². The van der Waals surface area contributed by atoms with Crippen molar-refractivity contribution in [1.82, 2.24) is 0 Å². The van der Waals surface area contributed by atoms with Crippen molar-refractivity contribution in [2.75, 3.05) is 0 Å². The molecule has 0 unspecified atom stereocenters. The second-order valence-corrected chi connectivity index (χ2v) is 6.30. The van der Waals surface area contributed by atoms with Gasteiger partial charge in [-0.3, -0.25) is 9.59 Å². The topological polar surface area (TPSA) is 74.6 Å². The molecule has 3 rings (SSSR count). The summed E-state index contributed by atoms with van der Waals surface area (Å²) in [6.07, 6.45) is 1.36. The van der Waals surface area contributed by atoms with E-state index >= 15 is 0 Å². The van der Waals surface area contributed by atoms with Crippen molar-refractivity contribution in [1.29, 1.82) is 0 Å². The fraction of sp³-hybridized carbons (Fsp3) is 0.0476. The summed E-state index contributed by atoms with van der Waals surface area (Å²) >= 11 is 6.12. The Bertz CT molecular complexity index is 924. The highest BCUT2D eigenvalue weighted by molar-refractivity contribution is 6.30. The maximum atomic E-state index is 11.2. The van der Waals surface area contributed by atoms with Crippen LogP contribution in [-0.2, 0) is 0 Å². The van der Waals surface area contributed by atoms with Gasteiger partial charge in [-0.2, -0.15) is 0 Å². The summed E-state index contributed by atoms with van der Waals surface area (Å²) in [5, 5.41) is 21.3. The van der Waals surface area contributed by atoms with E-state index in [1.165, 1.54) is 24.3 Å². The minimum Gasteiger partial charge on any atom is -0.508 e. The number of hydrogen-bond donors (Lipinski definition) is 2. The van der Waals surface area contributed by atoms with Crippen LogP contribution in [0.5, 0.6) is 11.5 Å². The first-order chi connectivity index (χ1) is 12.5. The molecule has 0 amide bonds. The van der Waals surface area contributed by atoms with Gasteiger partial charge in [0.05, 0.1) is 0 Å². The molecule has 0 bridgehead atoms. The van der Waals surface area contributed by atoms with Crippen molar-refractivity contribution in [2.45, 2.75) is 5.92 Å². The highest BCUT2D eigenvalue weighted by atomic mass is 35.5. The maximum absolute atomic E-state index is 11.2. The first kappa shape index (κ1) is 17.7. The lowest BCUT2D eigenvalue weighted by Gasteiger charge is -2.22. The van der Waals surface area contributed by atoms with Crippen molar-refractivity contribution in [2.24, 2.45) is 0 Å². The van der Waals surface area contributed by atoms with Gasteiger partial charge in [-0.25, -0.2) is 0 Å². The Morgan fingerprint density at radius 1 is 0.769 bits per heavy atom. The third kappa shape index (κ3) is 3.46. The molecule has 130 valence electrons. The summed E-state index contributed by atoms with van der Waals surface area (Å²) in [7, 11) is 0. The van der Waals surface area contributed by atoms with Gasteiger partial charge in [0.2, 0.25) is 0 Å². The SMILES string of the molecule is O=Cc1ccc(O)c(C(c2cccc(Cl)c2)c2cc(C=O)ccc2O)c1. The minimum absolute atomic E-state index is 0.0310. The highest BCUT2D eigenvalue weighted by Gasteiger charge is 2.24. The van der Waals surface area contributed by atoms with Crippen molar-refractivity contribution >= 4 is 24.2 Å². The van der Waals surface area contributed by atoms with Crippen LogP contribution in [0.1, 0.15) is 43.3 Å². The molecule has 0 spiro atoms. The number of carbonyl (C=O) groups is 2. The summed E-state index contributed by atoms with van der Waals surface area (Å²) in [6.45, 7) is 0. The monoisotopic (exact) mass is 366 g/mol. The van der Waals surface area contributed by atoms with Gasteiger partial charge in [0.1, 0.15) is 24.1 Å². The zero-order valence-electron chi connectivity index (χ0n) is 13.6. The molecule has 2 N–H and O–H groups in total. The molecular formula is C21H15ClO4. The second kappa shape index (κ2) is 7.42. The van der Waals surface area contributed by atoms with Crippen LogP contribution in [0.3, 0.4) is 0 Å². The summed E-state index contributed by atoms with van der Waals surface area (Å²) in [5.41, 5.74) is 2.33. The highest BCUT2D eigenvalue weighted by Crippen LogP contribution is 2.41. The zero-order chi connectivity index (χ0) is 18.7. The average molecular weight is 367 g/mol. The first-order valence-corrected chi connectivity index (χ1v) is 8.23. The van der Waals surface area contributed by atoms with Gasteiger partial charge >= 0.3 is 0 Å². The van der Waals surface area contributed by atoms with Crippen LogP contribution in [0, 0.1) is 0 Å². The van der Waals surface area contributed by atoms with Crippen LogP contribution in [0.4, 0.5) is 0 Å². The smallest absolute Gasteiger partial charge is 0.150 e. The van der Waals surface area contributed by atoms with Crippen LogP contribution < -0.4 is 0 Å². The van der Waals surface area contributed by atoms with Crippen LogP contribution in [0.25, 0.3) is 0 Å². The normalized spacial score (nSPS) is 10.7. The number of phenols is 2. The molecule has 0 aliphatic heterocycles. The van der Waals surface area contributed by atoms with Gasteiger partial charge in [0.15, 0.2) is 0 Å². The number of phenolic OH excluding ortho intramolecular Hbond substituents is 2.